The summed E-state index contributed by atoms with van der Waals surface area (Å²) in [6, 6.07) is 2.67. The number of hydrogen-bond donors (Lipinski definition) is 4. The van der Waals surface area contributed by atoms with Crippen LogP contribution in [-0.4, -0.2) is 63.4 Å². The van der Waals surface area contributed by atoms with Crippen molar-refractivity contribution in [3.8, 4) is 5.75 Å². The Morgan fingerprint density at radius 2 is 1.85 bits per heavy atom. The number of benzene rings is 1. The molecule has 1 aromatic heterocycles. The van der Waals surface area contributed by atoms with E-state index in [0.29, 0.717) is 36.4 Å². The number of aromatic nitrogens is 3. The largest absolute Gasteiger partial charge is 0.491 e. The van der Waals surface area contributed by atoms with Crippen LogP contribution >= 0.6 is 0 Å². The zero-order chi connectivity index (χ0) is 28.5. The molecule has 0 fully saturated rings. The standard InChI is InChI=1S/C27H39N7O5/c1-6-7-8-21-26(37)31-23(16(2)3)27(38)29-18(5)24(35)28-14-19-15-34(33-32-19)11-12-39-22-10-9-17(4)13-20(22)25(36)30-21/h9-10,13,15-16,18,21,23H,6-8,11-12,14H2,1-5H3,(H,28,35)(H,29,38)(H,30,36)(H,31,37)/t18-,21+,23+/m1/s1. The van der Waals surface area contributed by atoms with Gasteiger partial charge in [0.2, 0.25) is 17.7 Å². The maximum absolute atomic E-state index is 13.4. The summed E-state index contributed by atoms with van der Waals surface area (Å²) in [4.78, 5) is 52.4. The number of ether oxygens (including phenoxy) is 1. The third kappa shape index (κ3) is 8.26. The zero-order valence-corrected chi connectivity index (χ0v) is 23.2. The average Bonchev–Trinajstić information content (AvgIpc) is 3.35. The van der Waals surface area contributed by atoms with Gasteiger partial charge in [-0.1, -0.05) is 50.5 Å². The molecule has 1 aliphatic heterocycles. The maximum atomic E-state index is 13.4. The van der Waals surface area contributed by atoms with E-state index in [-0.39, 0.29) is 19.1 Å². The van der Waals surface area contributed by atoms with Crippen molar-refractivity contribution in [2.75, 3.05) is 6.61 Å². The van der Waals surface area contributed by atoms with Crippen LogP contribution in [0.2, 0.25) is 0 Å². The summed E-state index contributed by atoms with van der Waals surface area (Å²) in [7, 11) is 0. The van der Waals surface area contributed by atoms with Crippen molar-refractivity contribution >= 4 is 23.6 Å². The van der Waals surface area contributed by atoms with Crippen molar-refractivity contribution in [1.29, 1.82) is 0 Å². The minimum Gasteiger partial charge on any atom is -0.491 e. The first kappa shape index (κ1) is 29.6. The molecule has 2 bridgehead atoms. The number of fused-ring (bicyclic) bond motifs is 3. The van der Waals surface area contributed by atoms with Gasteiger partial charge >= 0.3 is 0 Å². The van der Waals surface area contributed by atoms with Gasteiger partial charge in [0.05, 0.1) is 24.8 Å². The van der Waals surface area contributed by atoms with E-state index < -0.39 is 41.8 Å². The van der Waals surface area contributed by atoms with Crippen LogP contribution in [0, 0.1) is 12.8 Å². The number of rotatable bonds is 4. The van der Waals surface area contributed by atoms with Gasteiger partial charge in [0.25, 0.3) is 5.91 Å². The topological polar surface area (TPSA) is 156 Å². The summed E-state index contributed by atoms with van der Waals surface area (Å²) in [5, 5.41) is 19.2. The van der Waals surface area contributed by atoms with Crippen LogP contribution in [0.5, 0.6) is 5.75 Å². The molecule has 3 rings (SSSR count). The lowest BCUT2D eigenvalue weighted by atomic mass is 10.0. The lowest BCUT2D eigenvalue weighted by molar-refractivity contribution is -0.133. The van der Waals surface area contributed by atoms with Gasteiger partial charge in [0.15, 0.2) is 0 Å². The van der Waals surface area contributed by atoms with Gasteiger partial charge in [0, 0.05) is 0 Å². The molecule has 0 unspecified atom stereocenters. The smallest absolute Gasteiger partial charge is 0.255 e. The fraction of sp³-hybridized carbons (Fsp3) is 0.556. The van der Waals surface area contributed by atoms with Crippen LogP contribution in [0.15, 0.2) is 24.4 Å². The lowest BCUT2D eigenvalue weighted by Gasteiger charge is -2.26. The fourth-order valence-electron chi connectivity index (χ4n) is 4.13. The molecule has 2 aromatic rings. The average molecular weight is 542 g/mol. The zero-order valence-electron chi connectivity index (χ0n) is 23.2. The third-order valence-corrected chi connectivity index (χ3v) is 6.45. The van der Waals surface area contributed by atoms with Crippen LogP contribution in [0.1, 0.15) is 68.6 Å². The van der Waals surface area contributed by atoms with E-state index in [1.54, 1.807) is 43.8 Å². The summed E-state index contributed by atoms with van der Waals surface area (Å²) in [5.74, 6) is -1.69. The molecular weight excluding hydrogens is 502 g/mol. The predicted molar refractivity (Wildman–Crippen MR) is 144 cm³/mol. The number of carbonyl (C=O) groups is 4. The van der Waals surface area contributed by atoms with Gasteiger partial charge in [-0.15, -0.1) is 5.10 Å². The Balaban J connectivity index is 1.93. The minimum absolute atomic E-state index is 0.131. The second-order valence-electron chi connectivity index (χ2n) is 10.2. The summed E-state index contributed by atoms with van der Waals surface area (Å²) in [6.45, 7) is 9.74. The van der Waals surface area contributed by atoms with Crippen LogP contribution < -0.4 is 26.0 Å². The molecule has 12 nitrogen and oxygen atoms in total. The van der Waals surface area contributed by atoms with E-state index in [0.717, 1.165) is 12.0 Å². The highest BCUT2D eigenvalue weighted by Crippen LogP contribution is 2.21. The Kier molecular flexibility index (Phi) is 10.4. The Morgan fingerprint density at radius 1 is 1.08 bits per heavy atom. The second-order valence-corrected chi connectivity index (χ2v) is 10.2. The van der Waals surface area contributed by atoms with Crippen molar-refractivity contribution in [2.24, 2.45) is 5.92 Å². The molecule has 1 aliphatic rings. The van der Waals surface area contributed by atoms with Gasteiger partial charge in [-0.25, -0.2) is 4.68 Å². The molecule has 4 amide bonds. The second kappa shape index (κ2) is 13.7. The van der Waals surface area contributed by atoms with Crippen molar-refractivity contribution in [3.63, 3.8) is 0 Å². The highest BCUT2D eigenvalue weighted by molar-refractivity contribution is 6.00. The number of unbranched alkanes of at least 4 members (excludes halogenated alkanes) is 1. The first-order valence-electron chi connectivity index (χ1n) is 13.4. The normalized spacial score (nSPS) is 21.6. The van der Waals surface area contributed by atoms with E-state index >= 15 is 0 Å². The van der Waals surface area contributed by atoms with E-state index in [1.165, 1.54) is 0 Å². The third-order valence-electron chi connectivity index (χ3n) is 6.45. The van der Waals surface area contributed by atoms with Gasteiger partial charge < -0.3 is 26.0 Å². The number of carbonyl (C=O) groups excluding carboxylic acids is 4. The quantitative estimate of drug-likeness (QED) is 0.454. The van der Waals surface area contributed by atoms with Crippen molar-refractivity contribution < 1.29 is 23.9 Å². The highest BCUT2D eigenvalue weighted by Gasteiger charge is 2.31. The highest BCUT2D eigenvalue weighted by atomic mass is 16.5. The van der Waals surface area contributed by atoms with E-state index in [9.17, 15) is 19.2 Å². The van der Waals surface area contributed by atoms with Gasteiger partial charge in [-0.05, 0) is 38.3 Å². The Hall–Kier alpha value is -3.96. The molecule has 0 saturated heterocycles. The SMILES string of the molecule is CCCC[C@@H]1NC(=O)c2cc(C)ccc2OCCn2cc(nn2)CNC(=O)[C@@H](C)NC(=O)[C@H](C(C)C)NC1=O. The molecule has 0 radical (unpaired) electrons. The number of nitrogens with one attached hydrogen (secondary N) is 4. The molecule has 1 aromatic carbocycles. The summed E-state index contributed by atoms with van der Waals surface area (Å²) in [5.41, 5.74) is 1.72. The number of aryl methyl sites for hydroxylation is 1. The van der Waals surface area contributed by atoms with Gasteiger partial charge in [-0.3, -0.25) is 19.2 Å². The summed E-state index contributed by atoms with van der Waals surface area (Å²) < 4.78 is 7.51. The molecule has 12 heteroatoms. The summed E-state index contributed by atoms with van der Waals surface area (Å²) in [6.07, 6.45) is 3.61. The number of nitrogens with zero attached hydrogens (tertiary/aromatic N) is 3. The Morgan fingerprint density at radius 3 is 2.56 bits per heavy atom. The van der Waals surface area contributed by atoms with Crippen LogP contribution in [0.4, 0.5) is 0 Å². The van der Waals surface area contributed by atoms with Crippen molar-refractivity contribution in [2.45, 2.75) is 85.1 Å². The van der Waals surface area contributed by atoms with Crippen LogP contribution in [0.25, 0.3) is 0 Å². The first-order valence-corrected chi connectivity index (χ1v) is 13.4. The first-order chi connectivity index (χ1) is 18.6. The van der Waals surface area contributed by atoms with Crippen LogP contribution in [-0.2, 0) is 27.5 Å². The molecule has 3 atom stereocenters. The molecule has 4 N–H and O–H groups in total. The molecule has 212 valence electrons. The van der Waals surface area contributed by atoms with E-state index in [1.807, 2.05) is 19.9 Å². The number of amides is 4. The molecule has 0 saturated carbocycles. The Bertz CT molecular complexity index is 1180. The van der Waals surface area contributed by atoms with Gasteiger partial charge in [-0.2, -0.15) is 0 Å². The lowest BCUT2D eigenvalue weighted by Crippen LogP contribution is -2.57. The number of hydrogen-bond acceptors (Lipinski definition) is 7. The van der Waals surface area contributed by atoms with Crippen molar-refractivity contribution in [1.82, 2.24) is 36.3 Å². The van der Waals surface area contributed by atoms with Crippen molar-refractivity contribution in [3.05, 3.63) is 41.2 Å². The van der Waals surface area contributed by atoms with E-state index in [2.05, 4.69) is 31.6 Å². The molecule has 0 spiro atoms. The predicted octanol–water partition coefficient (Wildman–Crippen LogP) is 1.23. The summed E-state index contributed by atoms with van der Waals surface area (Å²) >= 11 is 0. The molecular formula is C27H39N7O5. The van der Waals surface area contributed by atoms with Gasteiger partial charge in [0.1, 0.15) is 36.2 Å². The minimum atomic E-state index is -0.905. The van der Waals surface area contributed by atoms with E-state index in [4.69, 9.17) is 4.74 Å². The molecule has 0 aliphatic carbocycles. The fourth-order valence-corrected chi connectivity index (χ4v) is 4.13. The monoisotopic (exact) mass is 541 g/mol. The molecule has 2 heterocycles. The Labute approximate surface area is 228 Å². The maximum Gasteiger partial charge on any atom is 0.255 e. The molecule has 39 heavy (non-hydrogen) atoms. The van der Waals surface area contributed by atoms with Crippen LogP contribution in [0.3, 0.4) is 0 Å².